The first kappa shape index (κ1) is 14.3. The van der Waals surface area contributed by atoms with Crippen LogP contribution in [-0.2, 0) is 28.8 Å². The van der Waals surface area contributed by atoms with Gasteiger partial charge in [0.15, 0.2) is 0 Å². The highest BCUT2D eigenvalue weighted by Gasteiger charge is 2.22. The van der Waals surface area contributed by atoms with Crippen LogP contribution in [-0.4, -0.2) is 18.1 Å². The van der Waals surface area contributed by atoms with Gasteiger partial charge in [-0.3, -0.25) is 4.79 Å². The van der Waals surface area contributed by atoms with Crippen molar-refractivity contribution in [3.05, 3.63) is 25.3 Å². The summed E-state index contributed by atoms with van der Waals surface area (Å²) in [4.78, 5) is 19.0. The molecule has 0 saturated heterocycles. The summed E-state index contributed by atoms with van der Waals surface area (Å²) in [5, 5.41) is 1.29. The van der Waals surface area contributed by atoms with E-state index in [1.54, 1.807) is 0 Å². The molecule has 5 heteroatoms. The number of pyridine rings is 1. The Bertz CT molecular complexity index is 693. The standard InChI is InChI=1S/C15H16INO2S/c1-8-10(7-12(18)19-2)14(16)13-9-5-3-4-6-11(9)20-15(13)17-8/h3-7H2,1-2H3. The van der Waals surface area contributed by atoms with Crippen LogP contribution >= 0.6 is 33.9 Å². The van der Waals surface area contributed by atoms with Crippen LogP contribution < -0.4 is 0 Å². The summed E-state index contributed by atoms with van der Waals surface area (Å²) in [7, 11) is 1.43. The van der Waals surface area contributed by atoms with E-state index >= 15 is 0 Å². The minimum Gasteiger partial charge on any atom is -0.469 e. The zero-order chi connectivity index (χ0) is 14.3. The second kappa shape index (κ2) is 5.60. The zero-order valence-electron chi connectivity index (χ0n) is 11.6. The van der Waals surface area contributed by atoms with Crippen LogP contribution in [0.1, 0.15) is 34.5 Å². The van der Waals surface area contributed by atoms with Crippen molar-refractivity contribution < 1.29 is 9.53 Å². The Hall–Kier alpha value is -0.690. The number of fused-ring (bicyclic) bond motifs is 3. The molecule has 20 heavy (non-hydrogen) atoms. The fourth-order valence-corrected chi connectivity index (χ4v) is 5.47. The predicted octanol–water partition coefficient (Wildman–Crippen LogP) is 3.80. The van der Waals surface area contributed by atoms with Crippen LogP contribution in [0.4, 0.5) is 0 Å². The van der Waals surface area contributed by atoms with Gasteiger partial charge in [0.2, 0.25) is 0 Å². The van der Waals surface area contributed by atoms with Gasteiger partial charge in [-0.05, 0) is 66.3 Å². The first-order chi connectivity index (χ1) is 9.61. The number of aromatic nitrogens is 1. The molecule has 106 valence electrons. The minimum atomic E-state index is -0.198. The molecular weight excluding hydrogens is 385 g/mol. The van der Waals surface area contributed by atoms with Crippen LogP contribution in [0.25, 0.3) is 10.2 Å². The average Bonchev–Trinajstić information content (AvgIpc) is 2.81. The van der Waals surface area contributed by atoms with Gasteiger partial charge in [0.25, 0.3) is 0 Å². The van der Waals surface area contributed by atoms with Gasteiger partial charge in [-0.1, -0.05) is 0 Å². The molecule has 0 fully saturated rings. The molecule has 0 saturated carbocycles. The molecule has 0 spiro atoms. The highest BCUT2D eigenvalue weighted by molar-refractivity contribution is 14.1. The Kier molecular flexibility index (Phi) is 3.99. The lowest BCUT2D eigenvalue weighted by Crippen LogP contribution is -2.09. The quantitative estimate of drug-likeness (QED) is 0.568. The van der Waals surface area contributed by atoms with Gasteiger partial charge in [0.1, 0.15) is 4.83 Å². The number of halogens is 1. The summed E-state index contributed by atoms with van der Waals surface area (Å²) in [6, 6.07) is 0. The van der Waals surface area contributed by atoms with Gasteiger partial charge in [-0.25, -0.2) is 4.98 Å². The van der Waals surface area contributed by atoms with Crippen LogP contribution in [0.2, 0.25) is 0 Å². The third-order valence-corrected chi connectivity index (χ3v) is 6.27. The molecule has 1 aliphatic rings. The summed E-state index contributed by atoms with van der Waals surface area (Å²) in [5.74, 6) is -0.198. The Morgan fingerprint density at radius 2 is 2.15 bits per heavy atom. The lowest BCUT2D eigenvalue weighted by molar-refractivity contribution is -0.139. The van der Waals surface area contributed by atoms with Gasteiger partial charge in [0, 0.05) is 19.5 Å². The Balaban J connectivity index is 2.19. The second-order valence-corrected chi connectivity index (χ2v) is 7.30. The van der Waals surface area contributed by atoms with Crippen LogP contribution in [0, 0.1) is 10.5 Å². The summed E-state index contributed by atoms with van der Waals surface area (Å²) in [5.41, 5.74) is 3.45. The lowest BCUT2D eigenvalue weighted by atomic mass is 9.96. The first-order valence-corrected chi connectivity index (χ1v) is 8.67. The van der Waals surface area contributed by atoms with E-state index in [4.69, 9.17) is 9.72 Å². The first-order valence-electron chi connectivity index (χ1n) is 6.78. The molecule has 0 amide bonds. The van der Waals surface area contributed by atoms with Gasteiger partial charge in [-0.15, -0.1) is 11.3 Å². The number of ether oxygens (including phenoxy) is 1. The maximum absolute atomic E-state index is 11.6. The van der Waals surface area contributed by atoms with E-state index in [0.717, 1.165) is 22.5 Å². The number of rotatable bonds is 2. The highest BCUT2D eigenvalue weighted by Crippen LogP contribution is 2.39. The van der Waals surface area contributed by atoms with Crippen molar-refractivity contribution in [1.29, 1.82) is 0 Å². The number of carbonyl (C=O) groups is 1. The maximum atomic E-state index is 11.6. The Morgan fingerprint density at radius 3 is 2.90 bits per heavy atom. The third kappa shape index (κ3) is 2.35. The van der Waals surface area contributed by atoms with Gasteiger partial charge >= 0.3 is 5.97 Å². The zero-order valence-corrected chi connectivity index (χ0v) is 14.6. The van der Waals surface area contributed by atoms with E-state index in [1.807, 2.05) is 18.3 Å². The fourth-order valence-electron chi connectivity index (χ4n) is 2.81. The smallest absolute Gasteiger partial charge is 0.310 e. The molecule has 0 bridgehead atoms. The van der Waals surface area contributed by atoms with Gasteiger partial charge in [-0.2, -0.15) is 0 Å². The summed E-state index contributed by atoms with van der Waals surface area (Å²) in [6.45, 7) is 1.98. The number of nitrogens with zero attached hydrogens (tertiary/aromatic N) is 1. The van der Waals surface area contributed by atoms with Crippen LogP contribution in [0.5, 0.6) is 0 Å². The minimum absolute atomic E-state index is 0.198. The van der Waals surface area contributed by atoms with E-state index in [2.05, 4.69) is 22.6 Å². The summed E-state index contributed by atoms with van der Waals surface area (Å²) < 4.78 is 5.99. The van der Waals surface area contributed by atoms with Gasteiger partial charge in [0.05, 0.1) is 13.5 Å². The molecule has 0 aliphatic heterocycles. The van der Waals surface area contributed by atoms with Gasteiger partial charge < -0.3 is 4.74 Å². The molecule has 2 heterocycles. The second-order valence-electron chi connectivity index (χ2n) is 5.13. The molecule has 2 aromatic heterocycles. The molecular formula is C15H16INO2S. The van der Waals surface area contributed by atoms with Crippen molar-refractivity contribution in [2.75, 3.05) is 7.11 Å². The Labute approximate surface area is 135 Å². The topological polar surface area (TPSA) is 39.2 Å². The molecule has 2 aromatic rings. The summed E-state index contributed by atoms with van der Waals surface area (Å²) >= 11 is 4.20. The highest BCUT2D eigenvalue weighted by atomic mass is 127. The largest absolute Gasteiger partial charge is 0.469 e. The molecule has 3 rings (SSSR count). The van der Waals surface area contributed by atoms with Crippen molar-refractivity contribution in [2.24, 2.45) is 0 Å². The summed E-state index contributed by atoms with van der Waals surface area (Å²) in [6.07, 6.45) is 5.18. The number of esters is 1. The van der Waals surface area contributed by atoms with Crippen molar-refractivity contribution >= 4 is 50.1 Å². The lowest BCUT2D eigenvalue weighted by Gasteiger charge is -2.12. The number of hydrogen-bond donors (Lipinski definition) is 0. The normalized spacial score (nSPS) is 14.3. The molecule has 1 aliphatic carbocycles. The van der Waals surface area contributed by atoms with Crippen LogP contribution in [0.3, 0.4) is 0 Å². The van der Waals surface area contributed by atoms with E-state index in [1.165, 1.54) is 45.8 Å². The number of methoxy groups -OCH3 is 1. The number of carbonyl (C=O) groups excluding carboxylic acids is 1. The molecule has 0 unspecified atom stereocenters. The third-order valence-electron chi connectivity index (χ3n) is 3.89. The van der Waals surface area contributed by atoms with Crippen molar-refractivity contribution in [2.45, 2.75) is 39.0 Å². The SMILES string of the molecule is COC(=O)Cc1c(C)nc2sc3c(c2c1I)CCCC3. The molecule has 0 aromatic carbocycles. The van der Waals surface area contributed by atoms with Crippen molar-refractivity contribution in [1.82, 2.24) is 4.98 Å². The van der Waals surface area contributed by atoms with E-state index in [9.17, 15) is 4.79 Å². The predicted molar refractivity (Wildman–Crippen MR) is 89.4 cm³/mol. The number of thiophene rings is 1. The monoisotopic (exact) mass is 401 g/mol. The Morgan fingerprint density at radius 1 is 1.40 bits per heavy atom. The van der Waals surface area contributed by atoms with E-state index in [-0.39, 0.29) is 5.97 Å². The molecule has 0 atom stereocenters. The molecule has 0 radical (unpaired) electrons. The van der Waals surface area contributed by atoms with Crippen LogP contribution in [0.15, 0.2) is 0 Å². The van der Waals surface area contributed by atoms with E-state index in [0.29, 0.717) is 6.42 Å². The van der Waals surface area contributed by atoms with E-state index < -0.39 is 0 Å². The molecule has 0 N–H and O–H groups in total. The van der Waals surface area contributed by atoms with Crippen molar-refractivity contribution in [3.8, 4) is 0 Å². The average molecular weight is 401 g/mol. The molecule has 3 nitrogen and oxygen atoms in total. The number of hydrogen-bond acceptors (Lipinski definition) is 4. The number of aryl methyl sites for hydroxylation is 3. The maximum Gasteiger partial charge on any atom is 0.310 e. The van der Waals surface area contributed by atoms with Crippen molar-refractivity contribution in [3.63, 3.8) is 0 Å². The fraction of sp³-hybridized carbons (Fsp3) is 0.467.